The van der Waals surface area contributed by atoms with Crippen molar-refractivity contribution in [3.8, 4) is 0 Å². The van der Waals surface area contributed by atoms with E-state index in [2.05, 4.69) is 47.6 Å². The molecule has 8 nitrogen and oxygen atoms in total. The Morgan fingerprint density at radius 3 is 1.59 bits per heavy atom. The Bertz CT molecular complexity index is 1440. The van der Waals surface area contributed by atoms with Gasteiger partial charge in [-0.25, -0.2) is 4.79 Å². The number of halogens is 1. The summed E-state index contributed by atoms with van der Waals surface area (Å²) in [5.74, 6) is 0. The van der Waals surface area contributed by atoms with Crippen LogP contribution in [0.3, 0.4) is 0 Å². The topological polar surface area (TPSA) is 88.2 Å². The minimum absolute atomic E-state index is 0.407. The minimum Gasteiger partial charge on any atom is -0.442 e. The van der Waals surface area contributed by atoms with Crippen molar-refractivity contribution in [1.29, 1.82) is 0 Å². The molecular formula is C27H35IN4O4Sn. The second-order valence-corrected chi connectivity index (χ2v) is 26.9. The molecule has 0 atom stereocenters. The van der Waals surface area contributed by atoms with Crippen molar-refractivity contribution >= 4 is 78.7 Å². The normalized spacial score (nSPS) is 12.3. The van der Waals surface area contributed by atoms with E-state index in [1.165, 1.54) is 9.36 Å². The maximum Gasteiger partial charge on any atom is 0.435 e. The number of rotatable bonds is 1. The van der Waals surface area contributed by atoms with Crippen LogP contribution in [-0.2, 0) is 9.47 Å². The summed E-state index contributed by atoms with van der Waals surface area (Å²) in [5.41, 5.74) is 0.569. The summed E-state index contributed by atoms with van der Waals surface area (Å²) in [7, 11) is 0. The van der Waals surface area contributed by atoms with Gasteiger partial charge in [-0.05, 0) is 49.4 Å². The van der Waals surface area contributed by atoms with Crippen LogP contribution in [0, 0.1) is 3.70 Å². The number of hydrogen-bond acceptors (Lipinski definition) is 6. The zero-order valence-corrected chi connectivity index (χ0v) is 27.9. The van der Waals surface area contributed by atoms with E-state index in [-0.39, 0.29) is 0 Å². The first-order valence-corrected chi connectivity index (χ1v) is 23.1. The number of para-hydroxylation sites is 2. The van der Waals surface area contributed by atoms with E-state index in [1.807, 2.05) is 90.1 Å². The molecule has 0 saturated carbocycles. The molecule has 0 aliphatic carbocycles. The fourth-order valence-corrected chi connectivity index (χ4v) is 8.26. The number of carbonyl (C=O) groups excluding carboxylic acids is 2. The molecule has 198 valence electrons. The number of aromatic nitrogens is 4. The zero-order valence-electron chi connectivity index (χ0n) is 22.9. The molecule has 2 aromatic carbocycles. The molecule has 4 aromatic rings. The molecule has 2 aromatic heterocycles. The Morgan fingerprint density at radius 1 is 0.730 bits per heavy atom. The molecule has 4 rings (SSSR count). The van der Waals surface area contributed by atoms with Crippen LogP contribution in [0.15, 0.2) is 48.5 Å². The average Bonchev–Trinajstić information content (AvgIpc) is 3.31. The van der Waals surface area contributed by atoms with E-state index in [1.54, 1.807) is 0 Å². The molecule has 0 fully saturated rings. The van der Waals surface area contributed by atoms with Crippen LogP contribution in [0.2, 0.25) is 14.8 Å². The van der Waals surface area contributed by atoms with E-state index in [4.69, 9.17) is 9.47 Å². The summed E-state index contributed by atoms with van der Waals surface area (Å²) < 4.78 is 15.4. The number of ether oxygens (including phenoxy) is 2. The molecule has 10 heteroatoms. The van der Waals surface area contributed by atoms with Gasteiger partial charge in [0.2, 0.25) is 0 Å². The molecule has 0 saturated heterocycles. The number of carbonyl (C=O) groups is 2. The Labute approximate surface area is 235 Å². The Kier molecular flexibility index (Phi) is 8.67. The predicted molar refractivity (Wildman–Crippen MR) is 158 cm³/mol. The number of benzene rings is 2. The van der Waals surface area contributed by atoms with Gasteiger partial charge in [-0.2, -0.15) is 9.78 Å². The summed E-state index contributed by atoms with van der Waals surface area (Å²) in [6.07, 6.45) is -0.855. The van der Waals surface area contributed by atoms with Crippen LogP contribution in [0.5, 0.6) is 0 Å². The standard InChI is InChI=1S/C12H13IN2O2.C12H13N2O2.3CH3.Sn/c1-12(2,3)17-11(16)15-9-7-5-4-6-8(9)10(13)14-15;1-12(2,3)16-11(15)14-10-7-5-4-6-9(10)8-13-14;;;;/h4-7H,1-3H3;4-7H,1-3H3;3*1H3;. The Morgan fingerprint density at radius 2 is 1.14 bits per heavy atom. The maximum atomic E-state index is 12.3. The summed E-state index contributed by atoms with van der Waals surface area (Å²) in [6.45, 7) is 11.1. The van der Waals surface area contributed by atoms with Gasteiger partial charge in [-0.3, -0.25) is 0 Å². The first kappa shape index (κ1) is 29.4. The number of nitrogens with zero attached hydrogens (tertiary/aromatic N) is 4. The third-order valence-electron chi connectivity index (χ3n) is 4.97. The SMILES string of the molecule is CC(C)(C)OC(=O)n1n[c]([Sn]([CH3])([CH3])[CH3])c2ccccc21.CC(C)(C)OC(=O)n1nc(I)c2ccccc21. The van der Waals surface area contributed by atoms with Gasteiger partial charge in [0, 0.05) is 5.39 Å². The molecule has 2 heterocycles. The van der Waals surface area contributed by atoms with Gasteiger partial charge in [0.05, 0.1) is 5.52 Å². The molecule has 0 amide bonds. The van der Waals surface area contributed by atoms with E-state index in [9.17, 15) is 9.59 Å². The zero-order chi connectivity index (χ0) is 27.8. The fourth-order valence-electron chi connectivity index (χ4n) is 3.54. The Balaban J connectivity index is 0.000000208. The summed E-state index contributed by atoms with van der Waals surface area (Å²) in [6, 6.07) is 15.5. The van der Waals surface area contributed by atoms with Crippen LogP contribution >= 0.6 is 22.6 Å². The monoisotopic (exact) mass is 726 g/mol. The molecule has 0 aliphatic heterocycles. The van der Waals surface area contributed by atoms with E-state index in [0.717, 1.165) is 29.2 Å². The van der Waals surface area contributed by atoms with Gasteiger partial charge in [-0.15, -0.1) is 0 Å². The quantitative estimate of drug-likeness (QED) is 0.159. The predicted octanol–water partition coefficient (Wildman–Crippen LogP) is 6.79. The van der Waals surface area contributed by atoms with Crippen molar-refractivity contribution < 1.29 is 19.1 Å². The molecule has 37 heavy (non-hydrogen) atoms. The van der Waals surface area contributed by atoms with Crippen LogP contribution in [0.4, 0.5) is 9.59 Å². The fraction of sp³-hybridized carbons (Fsp3) is 0.407. The maximum absolute atomic E-state index is 12.3. The largest absolute Gasteiger partial charge is 0.442 e. The van der Waals surface area contributed by atoms with Gasteiger partial charge in [0.15, 0.2) is 0 Å². The van der Waals surface area contributed by atoms with Crippen LogP contribution < -0.4 is 3.71 Å². The summed E-state index contributed by atoms with van der Waals surface area (Å²) in [5, 5.41) is 10.8. The second kappa shape index (κ2) is 10.9. The van der Waals surface area contributed by atoms with Crippen molar-refractivity contribution in [2.24, 2.45) is 0 Å². The van der Waals surface area contributed by atoms with E-state index >= 15 is 0 Å². The molecule has 0 bridgehead atoms. The van der Waals surface area contributed by atoms with Gasteiger partial charge >= 0.3 is 130 Å². The van der Waals surface area contributed by atoms with E-state index < -0.39 is 41.8 Å². The van der Waals surface area contributed by atoms with Gasteiger partial charge in [0.1, 0.15) is 9.30 Å². The Hall–Kier alpha value is -2.15. The van der Waals surface area contributed by atoms with Gasteiger partial charge < -0.3 is 4.74 Å². The average molecular weight is 725 g/mol. The third kappa shape index (κ3) is 7.46. The summed E-state index contributed by atoms with van der Waals surface area (Å²) in [4.78, 5) is 31.2. The second-order valence-electron chi connectivity index (χ2n) is 11.7. The van der Waals surface area contributed by atoms with E-state index in [0.29, 0.717) is 0 Å². The molecular weight excluding hydrogens is 690 g/mol. The molecule has 0 spiro atoms. The third-order valence-corrected chi connectivity index (χ3v) is 10.9. The van der Waals surface area contributed by atoms with Gasteiger partial charge in [-0.1, -0.05) is 18.2 Å². The van der Waals surface area contributed by atoms with Crippen molar-refractivity contribution in [2.45, 2.75) is 67.6 Å². The summed E-state index contributed by atoms with van der Waals surface area (Å²) >= 11 is -0.274. The molecule has 0 radical (unpaired) electrons. The molecule has 0 aliphatic rings. The number of fused-ring (bicyclic) bond motifs is 2. The van der Waals surface area contributed by atoms with Crippen molar-refractivity contribution in [2.75, 3.05) is 0 Å². The molecule has 0 unspecified atom stereocenters. The van der Waals surface area contributed by atoms with Crippen LogP contribution in [0.1, 0.15) is 41.5 Å². The van der Waals surface area contributed by atoms with Crippen LogP contribution in [-0.4, -0.2) is 61.3 Å². The van der Waals surface area contributed by atoms with Crippen LogP contribution in [0.25, 0.3) is 21.8 Å². The van der Waals surface area contributed by atoms with Crippen molar-refractivity contribution in [3.05, 3.63) is 52.2 Å². The smallest absolute Gasteiger partial charge is 0.435 e. The first-order valence-electron chi connectivity index (χ1n) is 12.1. The number of hydrogen-bond donors (Lipinski definition) is 0. The van der Waals surface area contributed by atoms with Crippen molar-refractivity contribution in [1.82, 2.24) is 19.6 Å². The van der Waals surface area contributed by atoms with Gasteiger partial charge in [0.25, 0.3) is 0 Å². The first-order chi connectivity index (χ1) is 17.0. The molecule has 0 N–H and O–H groups in total. The van der Waals surface area contributed by atoms with Crippen molar-refractivity contribution in [3.63, 3.8) is 0 Å². The minimum atomic E-state index is -2.38.